The minimum atomic E-state index is 1.13. The summed E-state index contributed by atoms with van der Waals surface area (Å²) in [6, 6.07) is 64.6. The highest BCUT2D eigenvalue weighted by atomic mass is 32.1. The van der Waals surface area contributed by atoms with E-state index in [4.69, 9.17) is 0 Å². The number of hydrogen-bond acceptors (Lipinski definition) is 2. The summed E-state index contributed by atoms with van der Waals surface area (Å²) >= 11 is 1.87. The molecule has 10 aromatic rings. The molecule has 0 radical (unpaired) electrons. The Kier molecular flexibility index (Phi) is 6.12. The van der Waals surface area contributed by atoms with Crippen LogP contribution < -0.4 is 4.90 Å². The summed E-state index contributed by atoms with van der Waals surface area (Å²) in [5.41, 5.74) is 5.85. The second kappa shape index (κ2) is 10.8. The lowest BCUT2D eigenvalue weighted by atomic mass is 9.91. The summed E-state index contributed by atoms with van der Waals surface area (Å²) in [5, 5.41) is 12.8. The van der Waals surface area contributed by atoms with Crippen LogP contribution in [0.25, 0.3) is 74.4 Å². The topological polar surface area (TPSA) is 3.24 Å². The van der Waals surface area contributed by atoms with Crippen LogP contribution in [0.1, 0.15) is 0 Å². The molecule has 0 amide bonds. The highest BCUT2D eigenvalue weighted by Crippen LogP contribution is 2.47. The molecule has 1 nitrogen and oxygen atoms in total. The molecule has 10 rings (SSSR count). The molecule has 0 saturated heterocycles. The highest BCUT2D eigenvalue weighted by Gasteiger charge is 2.21. The maximum absolute atomic E-state index is 2.47. The van der Waals surface area contributed by atoms with Crippen molar-refractivity contribution < 1.29 is 0 Å². The van der Waals surface area contributed by atoms with E-state index in [1.54, 1.807) is 0 Å². The Morgan fingerprint density at radius 2 is 0.958 bits per heavy atom. The molecule has 0 unspecified atom stereocenters. The predicted octanol–water partition coefficient (Wildman–Crippen LogP) is 13.8. The molecule has 1 heterocycles. The van der Waals surface area contributed by atoms with E-state index < -0.39 is 0 Å². The van der Waals surface area contributed by atoms with Crippen molar-refractivity contribution in [2.75, 3.05) is 4.90 Å². The van der Waals surface area contributed by atoms with Gasteiger partial charge in [0.2, 0.25) is 0 Å². The molecule has 224 valence electrons. The normalized spacial score (nSPS) is 11.8. The predicted molar refractivity (Wildman–Crippen MR) is 209 cm³/mol. The highest BCUT2D eigenvalue weighted by molar-refractivity contribution is 7.25. The molecule has 9 aromatic carbocycles. The van der Waals surface area contributed by atoms with Crippen molar-refractivity contribution in [3.8, 4) is 11.1 Å². The van der Waals surface area contributed by atoms with Crippen LogP contribution in [0, 0.1) is 0 Å². The number of fused-ring (bicyclic) bond motifs is 10. The zero-order valence-electron chi connectivity index (χ0n) is 26.1. The van der Waals surface area contributed by atoms with E-state index in [-0.39, 0.29) is 0 Å². The van der Waals surface area contributed by atoms with Gasteiger partial charge in [-0.05, 0) is 79.8 Å². The number of thiophene rings is 1. The lowest BCUT2D eigenvalue weighted by Crippen LogP contribution is -2.11. The van der Waals surface area contributed by atoms with Gasteiger partial charge in [-0.1, -0.05) is 140 Å². The van der Waals surface area contributed by atoms with Crippen LogP contribution in [0.4, 0.5) is 17.1 Å². The van der Waals surface area contributed by atoms with Gasteiger partial charge in [0.15, 0.2) is 0 Å². The van der Waals surface area contributed by atoms with Crippen LogP contribution in [0.2, 0.25) is 0 Å². The lowest BCUT2D eigenvalue weighted by Gasteiger charge is -2.28. The van der Waals surface area contributed by atoms with E-state index in [0.717, 1.165) is 11.4 Å². The second-order valence-electron chi connectivity index (χ2n) is 12.5. The molecule has 0 atom stereocenters. The average Bonchev–Trinajstić information content (AvgIpc) is 3.53. The number of hydrogen-bond donors (Lipinski definition) is 0. The van der Waals surface area contributed by atoms with Gasteiger partial charge >= 0.3 is 0 Å². The Morgan fingerprint density at radius 3 is 1.83 bits per heavy atom. The van der Waals surface area contributed by atoms with Crippen LogP contribution in [0.15, 0.2) is 176 Å². The molecule has 0 N–H and O–H groups in total. The Morgan fingerprint density at radius 1 is 0.333 bits per heavy atom. The number of rotatable bonds is 4. The lowest BCUT2D eigenvalue weighted by molar-refractivity contribution is 1.31. The molecule has 0 spiro atoms. The molecular weight excluding hydrogens is 599 g/mol. The van der Waals surface area contributed by atoms with Crippen molar-refractivity contribution >= 4 is 91.7 Å². The first-order valence-electron chi connectivity index (χ1n) is 16.4. The first-order chi connectivity index (χ1) is 23.8. The maximum atomic E-state index is 2.47. The summed E-state index contributed by atoms with van der Waals surface area (Å²) in [6.07, 6.45) is 0. The fourth-order valence-electron chi connectivity index (χ4n) is 7.59. The zero-order chi connectivity index (χ0) is 31.6. The van der Waals surface area contributed by atoms with Gasteiger partial charge in [-0.15, -0.1) is 11.3 Å². The molecule has 48 heavy (non-hydrogen) atoms. The Balaban J connectivity index is 1.32. The minimum Gasteiger partial charge on any atom is -0.310 e. The molecule has 1 aromatic heterocycles. The third-order valence-corrected chi connectivity index (χ3v) is 10.9. The molecule has 2 heteroatoms. The Hall–Kier alpha value is -5.96. The van der Waals surface area contributed by atoms with Gasteiger partial charge in [0.25, 0.3) is 0 Å². The second-order valence-corrected chi connectivity index (χ2v) is 13.6. The Labute approximate surface area is 282 Å². The fourth-order valence-corrected chi connectivity index (χ4v) is 8.73. The Bertz CT molecular complexity index is 2850. The van der Waals surface area contributed by atoms with Gasteiger partial charge < -0.3 is 4.90 Å². The minimum absolute atomic E-state index is 1.13. The number of nitrogens with zero attached hydrogens (tertiary/aromatic N) is 1. The van der Waals surface area contributed by atoms with Crippen molar-refractivity contribution in [1.82, 2.24) is 0 Å². The SMILES string of the molecule is c1ccc(-c2cccc(N(c3ccc4c(c3)sc3ccccc34)c3cc4ccccc4c4c3ccc3ccc5ccccc5c34)c2)cc1. The van der Waals surface area contributed by atoms with Crippen LogP contribution in [-0.2, 0) is 0 Å². The van der Waals surface area contributed by atoms with E-state index >= 15 is 0 Å². The molecule has 0 fully saturated rings. The fraction of sp³-hybridized carbons (Fsp3) is 0. The molecule has 0 bridgehead atoms. The molecule has 0 saturated carbocycles. The monoisotopic (exact) mass is 627 g/mol. The van der Waals surface area contributed by atoms with Crippen molar-refractivity contribution in [3.05, 3.63) is 176 Å². The van der Waals surface area contributed by atoms with Gasteiger partial charge in [0.1, 0.15) is 0 Å². The van der Waals surface area contributed by atoms with Crippen LogP contribution >= 0.6 is 11.3 Å². The van der Waals surface area contributed by atoms with E-state index in [1.807, 2.05) is 11.3 Å². The van der Waals surface area contributed by atoms with Crippen LogP contribution in [0.3, 0.4) is 0 Å². The zero-order valence-corrected chi connectivity index (χ0v) is 26.9. The molecule has 0 aliphatic heterocycles. The molecule has 0 aliphatic carbocycles. The summed E-state index contributed by atoms with van der Waals surface area (Å²) in [7, 11) is 0. The smallest absolute Gasteiger partial charge is 0.0546 e. The maximum Gasteiger partial charge on any atom is 0.0546 e. The van der Waals surface area contributed by atoms with Crippen LogP contribution in [-0.4, -0.2) is 0 Å². The first-order valence-corrected chi connectivity index (χ1v) is 17.2. The van der Waals surface area contributed by atoms with Gasteiger partial charge in [0.05, 0.1) is 5.69 Å². The number of anilines is 3. The standard InChI is InChI=1S/C46H29NS/c1-2-11-30(12-3-1)33-15-10-16-35(27-33)47(36-24-26-40-39-19-8-9-20-43(39)48-44(40)29-36)42-28-34-14-5-7-18-38(34)46-41(42)25-23-32-22-21-31-13-4-6-17-37(31)45(32)46/h1-29H. The number of benzene rings is 9. The van der Waals surface area contributed by atoms with E-state index in [0.29, 0.717) is 0 Å². The summed E-state index contributed by atoms with van der Waals surface area (Å²) < 4.78 is 2.61. The summed E-state index contributed by atoms with van der Waals surface area (Å²) in [4.78, 5) is 2.47. The molecular formula is C46H29NS. The van der Waals surface area contributed by atoms with Gasteiger partial charge in [0, 0.05) is 42.3 Å². The van der Waals surface area contributed by atoms with Gasteiger partial charge in [-0.25, -0.2) is 0 Å². The van der Waals surface area contributed by atoms with E-state index in [1.165, 1.54) is 80.1 Å². The van der Waals surface area contributed by atoms with E-state index in [2.05, 4.69) is 181 Å². The third-order valence-electron chi connectivity index (χ3n) is 9.78. The van der Waals surface area contributed by atoms with Crippen molar-refractivity contribution in [3.63, 3.8) is 0 Å². The van der Waals surface area contributed by atoms with Crippen molar-refractivity contribution in [2.24, 2.45) is 0 Å². The largest absolute Gasteiger partial charge is 0.310 e. The molecule has 0 aliphatic rings. The summed E-state index contributed by atoms with van der Waals surface area (Å²) in [6.45, 7) is 0. The van der Waals surface area contributed by atoms with Gasteiger partial charge in [-0.3, -0.25) is 0 Å². The van der Waals surface area contributed by atoms with Crippen molar-refractivity contribution in [1.29, 1.82) is 0 Å². The summed E-state index contributed by atoms with van der Waals surface area (Å²) in [5.74, 6) is 0. The average molecular weight is 628 g/mol. The van der Waals surface area contributed by atoms with Gasteiger partial charge in [-0.2, -0.15) is 0 Å². The van der Waals surface area contributed by atoms with E-state index in [9.17, 15) is 0 Å². The quantitative estimate of drug-likeness (QED) is 0.176. The van der Waals surface area contributed by atoms with Crippen LogP contribution in [0.5, 0.6) is 0 Å². The van der Waals surface area contributed by atoms with Crippen molar-refractivity contribution in [2.45, 2.75) is 0 Å². The first kappa shape index (κ1) is 27.2. The third kappa shape index (κ3) is 4.24.